The monoisotopic (exact) mass is 789 g/mol. The highest BCUT2D eigenvalue weighted by atomic mass is 35.5. The number of carbonyl (C=O) groups excluding carboxylic acids is 8. The molecule has 8 rings (SSSR count). The maximum Gasteiger partial charge on any atom is 0.319 e. The molecular formula is C41H36ClN7O8. The third-order valence-electron chi connectivity index (χ3n) is 10.1. The van der Waals surface area contributed by atoms with Crippen LogP contribution in [-0.2, 0) is 32.3 Å². The second kappa shape index (κ2) is 16.1. The van der Waals surface area contributed by atoms with Crippen LogP contribution in [0, 0.1) is 6.92 Å². The summed E-state index contributed by atoms with van der Waals surface area (Å²) in [6, 6.07) is 22.7. The summed E-state index contributed by atoms with van der Waals surface area (Å²) in [6.07, 6.45) is 0.740. The van der Waals surface area contributed by atoms with Gasteiger partial charge in [-0.2, -0.15) is 0 Å². The van der Waals surface area contributed by atoms with Crippen molar-refractivity contribution in [3.8, 4) is 0 Å². The van der Waals surface area contributed by atoms with E-state index >= 15 is 0 Å². The van der Waals surface area contributed by atoms with Gasteiger partial charge in [-0.25, -0.2) is 4.79 Å². The first-order valence-corrected chi connectivity index (χ1v) is 18.5. The van der Waals surface area contributed by atoms with Crippen molar-refractivity contribution in [2.24, 2.45) is 0 Å². The van der Waals surface area contributed by atoms with Gasteiger partial charge in [-0.05, 0) is 78.9 Å². The summed E-state index contributed by atoms with van der Waals surface area (Å²) >= 11 is 6.09. The molecule has 9 amide bonds. The Hall–Kier alpha value is -6.87. The lowest BCUT2D eigenvalue weighted by Gasteiger charge is -2.29. The molecule has 0 aromatic heterocycles. The minimum absolute atomic E-state index is 0.0962. The molecule has 5 N–H and O–H groups in total. The molecule has 0 radical (unpaired) electrons. The fraction of sp³-hybridized carbons (Fsp3) is 0.220. The van der Waals surface area contributed by atoms with E-state index in [1.807, 2.05) is 49.4 Å². The van der Waals surface area contributed by atoms with E-state index in [-0.39, 0.29) is 55.3 Å². The summed E-state index contributed by atoms with van der Waals surface area (Å²) in [5.74, 6) is -3.08. The van der Waals surface area contributed by atoms with Gasteiger partial charge in [0.05, 0.1) is 16.8 Å². The first-order chi connectivity index (χ1) is 27.4. The molecule has 2 saturated heterocycles. The summed E-state index contributed by atoms with van der Waals surface area (Å²) in [5.41, 5.74) is 5.33. The molecule has 4 aliphatic heterocycles. The Morgan fingerprint density at radius 1 is 0.737 bits per heavy atom. The average Bonchev–Trinajstić information content (AvgIpc) is 3.65. The summed E-state index contributed by atoms with van der Waals surface area (Å²) in [7, 11) is 0. The number of imide groups is 3. The highest BCUT2D eigenvalue weighted by Crippen LogP contribution is 2.34. The average molecular weight is 790 g/mol. The van der Waals surface area contributed by atoms with Crippen molar-refractivity contribution in [2.75, 3.05) is 10.6 Å². The number of nitrogens with one attached hydrogen (secondary N) is 5. The van der Waals surface area contributed by atoms with Crippen LogP contribution >= 0.6 is 11.6 Å². The fourth-order valence-corrected chi connectivity index (χ4v) is 7.31. The Morgan fingerprint density at radius 2 is 1.40 bits per heavy atom. The van der Waals surface area contributed by atoms with E-state index in [1.54, 1.807) is 42.5 Å². The maximum atomic E-state index is 12.9. The van der Waals surface area contributed by atoms with E-state index in [1.165, 1.54) is 4.90 Å². The zero-order valence-corrected chi connectivity index (χ0v) is 31.3. The van der Waals surface area contributed by atoms with E-state index in [9.17, 15) is 38.4 Å². The fourth-order valence-electron chi connectivity index (χ4n) is 7.13. The normalized spacial score (nSPS) is 18.6. The van der Waals surface area contributed by atoms with Gasteiger partial charge >= 0.3 is 6.03 Å². The van der Waals surface area contributed by atoms with Crippen LogP contribution in [-0.4, -0.2) is 69.3 Å². The predicted molar refractivity (Wildman–Crippen MR) is 207 cm³/mol. The maximum absolute atomic E-state index is 12.9. The Labute approximate surface area is 331 Å². The number of piperidine rings is 2. The van der Waals surface area contributed by atoms with Gasteiger partial charge in [-0.15, -0.1) is 0 Å². The third kappa shape index (κ3) is 7.95. The van der Waals surface area contributed by atoms with Gasteiger partial charge in [-0.1, -0.05) is 54.1 Å². The van der Waals surface area contributed by atoms with Crippen LogP contribution in [0.25, 0.3) is 0 Å². The number of halogens is 1. The number of hydrogen-bond acceptors (Lipinski definition) is 9. The number of aryl methyl sites for hydroxylation is 1. The van der Waals surface area contributed by atoms with Gasteiger partial charge in [0.1, 0.15) is 12.1 Å². The molecule has 4 aromatic rings. The molecule has 4 aliphatic rings. The molecule has 15 nitrogen and oxygen atoms in total. The number of fused-ring (bicyclic) bond motifs is 2. The van der Waals surface area contributed by atoms with Crippen molar-refractivity contribution in [3.05, 3.63) is 123 Å². The zero-order chi connectivity index (χ0) is 40.4. The molecule has 2 unspecified atom stereocenters. The number of carbonyl (C=O) groups is 8. The van der Waals surface area contributed by atoms with Crippen molar-refractivity contribution < 1.29 is 38.4 Å². The number of urea groups is 1. The van der Waals surface area contributed by atoms with Crippen molar-refractivity contribution in [1.82, 2.24) is 25.8 Å². The molecule has 290 valence electrons. The van der Waals surface area contributed by atoms with Gasteiger partial charge in [0, 0.05) is 47.9 Å². The van der Waals surface area contributed by atoms with Gasteiger partial charge in [-0.3, -0.25) is 49.1 Å². The number of amides is 9. The smallest absolute Gasteiger partial charge is 0.319 e. The number of rotatable bonds is 7. The Balaban J connectivity index is 0.000000177. The van der Waals surface area contributed by atoms with Crippen molar-refractivity contribution in [3.63, 3.8) is 0 Å². The van der Waals surface area contributed by atoms with Crippen LogP contribution in [0.1, 0.15) is 73.4 Å². The number of anilines is 3. The Morgan fingerprint density at radius 3 is 2.09 bits per heavy atom. The SMILES string of the molecule is Cc1ccc(NC(=O)NCc2cccc3c2CN(C2CCC(=O)NC2=O)C3=O)cc1Cl.O=C1CCC(N2C(=O)c3cccc(Nc4ccccc4)c3C2=O)C(=O)N1. The van der Waals surface area contributed by atoms with Gasteiger partial charge in [0.25, 0.3) is 17.7 Å². The van der Waals surface area contributed by atoms with E-state index in [0.717, 1.165) is 27.3 Å². The van der Waals surface area contributed by atoms with Crippen LogP contribution in [0.5, 0.6) is 0 Å². The van der Waals surface area contributed by atoms with E-state index in [4.69, 9.17) is 11.6 Å². The number of para-hydroxylation sites is 1. The third-order valence-corrected chi connectivity index (χ3v) is 10.5. The molecule has 16 heteroatoms. The molecule has 0 saturated carbocycles. The first kappa shape index (κ1) is 38.4. The minimum atomic E-state index is -0.968. The Kier molecular flexibility index (Phi) is 10.8. The molecule has 4 heterocycles. The second-order valence-electron chi connectivity index (χ2n) is 13.8. The van der Waals surface area contributed by atoms with Crippen LogP contribution in [0.3, 0.4) is 0 Å². The van der Waals surface area contributed by atoms with Gasteiger partial charge in [0.15, 0.2) is 0 Å². The summed E-state index contributed by atoms with van der Waals surface area (Å²) in [5, 5.41) is 13.7. The summed E-state index contributed by atoms with van der Waals surface area (Å²) in [6.45, 7) is 2.35. The summed E-state index contributed by atoms with van der Waals surface area (Å²) in [4.78, 5) is 100. The molecule has 4 aromatic carbocycles. The summed E-state index contributed by atoms with van der Waals surface area (Å²) < 4.78 is 0. The van der Waals surface area contributed by atoms with Crippen LogP contribution in [0.15, 0.2) is 84.9 Å². The van der Waals surface area contributed by atoms with Crippen molar-refractivity contribution >= 4 is 76.0 Å². The van der Waals surface area contributed by atoms with Crippen LogP contribution in [0.2, 0.25) is 5.02 Å². The number of nitrogens with zero attached hydrogens (tertiary/aromatic N) is 2. The molecule has 57 heavy (non-hydrogen) atoms. The number of hydrogen-bond donors (Lipinski definition) is 5. The molecule has 2 fully saturated rings. The Bertz CT molecular complexity index is 2370. The number of benzene rings is 4. The van der Waals surface area contributed by atoms with E-state index < -0.39 is 47.7 Å². The second-order valence-corrected chi connectivity index (χ2v) is 14.2. The molecule has 2 atom stereocenters. The lowest BCUT2D eigenvalue weighted by Crippen LogP contribution is -2.54. The molecule has 0 aliphatic carbocycles. The molecule has 0 spiro atoms. The van der Waals surface area contributed by atoms with Gasteiger partial charge < -0.3 is 20.9 Å². The predicted octanol–water partition coefficient (Wildman–Crippen LogP) is 4.56. The highest BCUT2D eigenvalue weighted by Gasteiger charge is 2.46. The lowest BCUT2D eigenvalue weighted by molar-refractivity contribution is -0.138. The van der Waals surface area contributed by atoms with Crippen molar-refractivity contribution in [1.29, 1.82) is 0 Å². The van der Waals surface area contributed by atoms with Crippen LogP contribution in [0.4, 0.5) is 21.9 Å². The first-order valence-electron chi connectivity index (χ1n) is 18.1. The molecule has 0 bridgehead atoms. The van der Waals surface area contributed by atoms with Gasteiger partial charge in [0.2, 0.25) is 23.6 Å². The largest absolute Gasteiger partial charge is 0.355 e. The lowest BCUT2D eigenvalue weighted by atomic mass is 10.0. The standard InChI is InChI=1S/C22H21ClN4O4.C19H15N3O4/c1-12-5-6-14(9-17(12)23)25-22(31)24-10-13-3-2-4-15-16(13)11-27(21(15)30)18-7-8-19(28)26-20(18)29;23-15-10-9-14(17(24)21-15)22-18(25)12-7-4-8-13(16(12)19(22)26)20-11-5-2-1-3-6-11/h2-6,9,18H,7-8,10-11H2,1H3,(H2,24,25,31)(H,26,28,29);1-8,14,20H,9-10H2,(H,21,23,24). The highest BCUT2D eigenvalue weighted by molar-refractivity contribution is 6.31. The quantitative estimate of drug-likeness (QED) is 0.166. The van der Waals surface area contributed by atoms with Crippen molar-refractivity contribution in [2.45, 2.75) is 57.8 Å². The van der Waals surface area contributed by atoms with E-state index in [0.29, 0.717) is 28.4 Å². The molecular weight excluding hydrogens is 754 g/mol. The van der Waals surface area contributed by atoms with Crippen LogP contribution < -0.4 is 26.6 Å². The minimum Gasteiger partial charge on any atom is -0.355 e. The topological polar surface area (TPSA) is 203 Å². The van der Waals surface area contributed by atoms with E-state index in [2.05, 4.69) is 26.6 Å². The zero-order valence-electron chi connectivity index (χ0n) is 30.5.